The van der Waals surface area contributed by atoms with Gasteiger partial charge in [0.2, 0.25) is 0 Å². The molecule has 0 radical (unpaired) electrons. The van der Waals surface area contributed by atoms with Crippen molar-refractivity contribution in [2.24, 2.45) is 5.73 Å². The van der Waals surface area contributed by atoms with Crippen LogP contribution in [0.5, 0.6) is 0 Å². The highest BCUT2D eigenvalue weighted by molar-refractivity contribution is 6.36. The van der Waals surface area contributed by atoms with Crippen molar-refractivity contribution in [2.75, 3.05) is 25.0 Å². The largest absolute Gasteiger partial charge is 0.385 e. The van der Waals surface area contributed by atoms with E-state index in [1.54, 1.807) is 12.1 Å². The predicted molar refractivity (Wildman–Crippen MR) is 110 cm³/mol. The first-order valence-corrected chi connectivity index (χ1v) is 9.34. The average molecular weight is 406 g/mol. The molecule has 7 nitrogen and oxygen atoms in total. The van der Waals surface area contributed by atoms with Crippen LogP contribution in [0.4, 0.5) is 5.82 Å². The van der Waals surface area contributed by atoms with E-state index >= 15 is 0 Å². The standard InChI is InChI=1S/C18H21Cl2N7/c19-11-1-2-12(14(20)9-11)18-26-15-4-6-23-10-13(15)17(27-18)25-8-7-24-16(22)3-5-21/h1-3,5,9,21,23-24H,4,6-8,10,22H2,(H,25,26,27)/b16-3+,21-5?. The molecule has 1 aliphatic rings. The van der Waals surface area contributed by atoms with E-state index in [1.165, 1.54) is 6.08 Å². The zero-order valence-corrected chi connectivity index (χ0v) is 16.2. The lowest BCUT2D eigenvalue weighted by Gasteiger charge is -2.21. The van der Waals surface area contributed by atoms with Gasteiger partial charge < -0.3 is 27.1 Å². The second-order valence-electron chi connectivity index (χ2n) is 6.01. The SMILES string of the molecule is N=C/C=C(\N)NCCNc1nc(-c2ccc(Cl)cc2Cl)nc2c1CNCC2. The molecule has 1 aromatic carbocycles. The third-order valence-corrected chi connectivity index (χ3v) is 4.66. The summed E-state index contributed by atoms with van der Waals surface area (Å²) >= 11 is 12.3. The number of hydrogen-bond donors (Lipinski definition) is 5. The minimum atomic E-state index is 0.451. The minimum absolute atomic E-state index is 0.451. The van der Waals surface area contributed by atoms with Gasteiger partial charge in [-0.3, -0.25) is 0 Å². The van der Waals surface area contributed by atoms with Gasteiger partial charge in [0.1, 0.15) is 5.82 Å². The van der Waals surface area contributed by atoms with E-state index in [4.69, 9.17) is 44.3 Å². The number of hydrogen-bond acceptors (Lipinski definition) is 7. The number of nitrogens with zero attached hydrogens (tertiary/aromatic N) is 2. The molecular formula is C18H21Cl2N7. The highest BCUT2D eigenvalue weighted by Gasteiger charge is 2.19. The zero-order chi connectivity index (χ0) is 19.2. The summed E-state index contributed by atoms with van der Waals surface area (Å²) in [5, 5.41) is 17.8. The van der Waals surface area contributed by atoms with E-state index < -0.39 is 0 Å². The van der Waals surface area contributed by atoms with Gasteiger partial charge in [-0.05, 0) is 24.3 Å². The molecule has 3 rings (SSSR count). The molecule has 1 aliphatic heterocycles. The zero-order valence-electron chi connectivity index (χ0n) is 14.6. The van der Waals surface area contributed by atoms with Crippen LogP contribution >= 0.6 is 23.2 Å². The minimum Gasteiger partial charge on any atom is -0.385 e. The topological polar surface area (TPSA) is 112 Å². The number of benzene rings is 1. The summed E-state index contributed by atoms with van der Waals surface area (Å²) in [6, 6.07) is 5.31. The number of aromatic nitrogens is 2. The molecule has 0 spiro atoms. The van der Waals surface area contributed by atoms with Gasteiger partial charge in [-0.2, -0.15) is 0 Å². The van der Waals surface area contributed by atoms with E-state index in [0.717, 1.165) is 48.4 Å². The van der Waals surface area contributed by atoms with E-state index in [-0.39, 0.29) is 0 Å². The van der Waals surface area contributed by atoms with Crippen LogP contribution in [0.2, 0.25) is 10.0 Å². The number of halogens is 2. The molecule has 2 heterocycles. The molecule has 0 saturated heterocycles. The Bertz CT molecular complexity index is 867. The van der Waals surface area contributed by atoms with E-state index in [1.807, 2.05) is 6.07 Å². The summed E-state index contributed by atoms with van der Waals surface area (Å²) in [7, 11) is 0. The van der Waals surface area contributed by atoms with Crippen molar-refractivity contribution in [3.8, 4) is 11.4 Å². The Kier molecular flexibility index (Phi) is 6.49. The quantitative estimate of drug-likeness (QED) is 0.357. The van der Waals surface area contributed by atoms with Crippen molar-refractivity contribution in [3.63, 3.8) is 0 Å². The molecule has 0 saturated carbocycles. The second-order valence-corrected chi connectivity index (χ2v) is 6.86. The van der Waals surface area contributed by atoms with Crippen LogP contribution < -0.4 is 21.7 Å². The van der Waals surface area contributed by atoms with Crippen LogP contribution in [0, 0.1) is 5.41 Å². The molecular weight excluding hydrogens is 385 g/mol. The fourth-order valence-electron chi connectivity index (χ4n) is 2.82. The van der Waals surface area contributed by atoms with Crippen LogP contribution in [0.3, 0.4) is 0 Å². The normalized spacial score (nSPS) is 13.8. The highest BCUT2D eigenvalue weighted by atomic mass is 35.5. The van der Waals surface area contributed by atoms with Crippen molar-refractivity contribution < 1.29 is 0 Å². The van der Waals surface area contributed by atoms with Gasteiger partial charge in [0.15, 0.2) is 5.82 Å². The Morgan fingerprint density at radius 2 is 2.15 bits per heavy atom. The molecule has 0 amide bonds. The van der Waals surface area contributed by atoms with E-state index in [9.17, 15) is 0 Å². The first-order chi connectivity index (χ1) is 13.1. The Morgan fingerprint density at radius 3 is 2.93 bits per heavy atom. The Morgan fingerprint density at radius 1 is 1.30 bits per heavy atom. The molecule has 0 fully saturated rings. The van der Waals surface area contributed by atoms with Crippen LogP contribution in [0.15, 0.2) is 30.1 Å². The van der Waals surface area contributed by atoms with Crippen molar-refractivity contribution in [2.45, 2.75) is 13.0 Å². The highest BCUT2D eigenvalue weighted by Crippen LogP contribution is 2.31. The summed E-state index contributed by atoms with van der Waals surface area (Å²) in [6.07, 6.45) is 3.47. The number of nitrogens with one attached hydrogen (secondary N) is 4. The number of fused-ring (bicyclic) bond motifs is 1. The summed E-state index contributed by atoms with van der Waals surface area (Å²) in [5.74, 6) is 1.81. The molecule has 1 aromatic heterocycles. The Labute approximate surface area is 167 Å². The summed E-state index contributed by atoms with van der Waals surface area (Å²) in [4.78, 5) is 9.43. The lowest BCUT2D eigenvalue weighted by Crippen LogP contribution is -2.29. The third kappa shape index (κ3) is 4.88. The van der Waals surface area contributed by atoms with Crippen molar-refractivity contribution in [1.29, 1.82) is 5.41 Å². The summed E-state index contributed by atoms with van der Waals surface area (Å²) < 4.78 is 0. The van der Waals surface area contributed by atoms with Crippen LogP contribution in [-0.2, 0) is 13.0 Å². The Balaban J connectivity index is 1.83. The maximum Gasteiger partial charge on any atom is 0.163 e. The molecule has 9 heteroatoms. The number of nitrogens with two attached hydrogens (primary N) is 1. The fraction of sp³-hybridized carbons (Fsp3) is 0.278. The Hall–Kier alpha value is -2.35. The molecule has 2 aromatic rings. The van der Waals surface area contributed by atoms with Gasteiger partial charge in [-0.25, -0.2) is 9.97 Å². The predicted octanol–water partition coefficient (Wildman–Crippen LogP) is 2.55. The van der Waals surface area contributed by atoms with Gasteiger partial charge >= 0.3 is 0 Å². The number of anilines is 1. The molecule has 0 atom stereocenters. The van der Waals surface area contributed by atoms with Crippen LogP contribution in [0.25, 0.3) is 11.4 Å². The molecule has 27 heavy (non-hydrogen) atoms. The molecule has 142 valence electrons. The van der Waals surface area contributed by atoms with Crippen molar-refractivity contribution in [1.82, 2.24) is 20.6 Å². The maximum absolute atomic E-state index is 7.01. The van der Waals surface area contributed by atoms with Gasteiger partial charge in [0, 0.05) is 55.0 Å². The summed E-state index contributed by atoms with van der Waals surface area (Å²) in [5.41, 5.74) is 8.55. The van der Waals surface area contributed by atoms with Gasteiger partial charge in [0.25, 0.3) is 0 Å². The molecule has 0 unspecified atom stereocenters. The number of allylic oxidation sites excluding steroid dienone is 1. The summed E-state index contributed by atoms with van der Waals surface area (Å²) in [6.45, 7) is 2.81. The second kappa shape index (κ2) is 9.03. The molecule has 6 N–H and O–H groups in total. The fourth-order valence-corrected chi connectivity index (χ4v) is 3.31. The average Bonchev–Trinajstić information content (AvgIpc) is 2.65. The molecule has 0 bridgehead atoms. The van der Waals surface area contributed by atoms with Gasteiger partial charge in [-0.15, -0.1) is 0 Å². The first-order valence-electron chi connectivity index (χ1n) is 8.58. The van der Waals surface area contributed by atoms with Crippen molar-refractivity contribution in [3.05, 3.63) is 51.4 Å². The first kappa shape index (κ1) is 19.4. The smallest absolute Gasteiger partial charge is 0.163 e. The lowest BCUT2D eigenvalue weighted by atomic mass is 10.1. The van der Waals surface area contributed by atoms with Crippen molar-refractivity contribution >= 4 is 35.2 Å². The van der Waals surface area contributed by atoms with Gasteiger partial charge in [-0.1, -0.05) is 23.2 Å². The lowest BCUT2D eigenvalue weighted by molar-refractivity contribution is 0.627. The van der Waals surface area contributed by atoms with E-state index in [0.29, 0.717) is 34.8 Å². The molecule has 0 aliphatic carbocycles. The monoisotopic (exact) mass is 405 g/mol. The van der Waals surface area contributed by atoms with Gasteiger partial charge in [0.05, 0.1) is 16.5 Å². The number of rotatable bonds is 7. The van der Waals surface area contributed by atoms with Crippen LogP contribution in [-0.4, -0.2) is 35.8 Å². The van der Waals surface area contributed by atoms with Crippen LogP contribution in [0.1, 0.15) is 11.3 Å². The maximum atomic E-state index is 7.01. The third-order valence-electron chi connectivity index (χ3n) is 4.11. The van der Waals surface area contributed by atoms with E-state index in [2.05, 4.69) is 16.0 Å².